The smallest absolute Gasteiger partial charge is 0.354 e. The Balaban J connectivity index is 1.46. The summed E-state index contributed by atoms with van der Waals surface area (Å²) < 4.78 is 39.6. The number of carbonyl (C=O) groups is 2. The lowest BCUT2D eigenvalue weighted by atomic mass is 10.1. The van der Waals surface area contributed by atoms with Gasteiger partial charge in [-0.1, -0.05) is 12.1 Å². The maximum Gasteiger partial charge on any atom is 0.416 e. The molecule has 29 heavy (non-hydrogen) atoms. The van der Waals surface area contributed by atoms with Crippen LogP contribution < -0.4 is 10.6 Å². The van der Waals surface area contributed by atoms with Crippen molar-refractivity contribution >= 4 is 22.8 Å². The number of rotatable bonds is 6. The van der Waals surface area contributed by atoms with Gasteiger partial charge in [-0.05, 0) is 36.4 Å². The minimum atomic E-state index is -4.46. The van der Waals surface area contributed by atoms with Gasteiger partial charge in [0, 0.05) is 25.6 Å². The molecule has 6 nitrogen and oxygen atoms in total. The molecule has 1 heterocycles. The molecule has 0 fully saturated rings. The predicted octanol–water partition coefficient (Wildman–Crippen LogP) is 2.68. The number of aryl methyl sites for hydroxylation is 1. The fraction of sp³-hybridized carbons (Fsp3) is 0.250. The van der Waals surface area contributed by atoms with E-state index in [0.29, 0.717) is 13.0 Å². The largest absolute Gasteiger partial charge is 0.416 e. The number of halogens is 3. The molecule has 3 aromatic rings. The molecule has 0 saturated carbocycles. The third kappa shape index (κ3) is 4.92. The van der Waals surface area contributed by atoms with E-state index in [2.05, 4.69) is 15.6 Å². The van der Waals surface area contributed by atoms with Crippen molar-refractivity contribution in [2.45, 2.75) is 12.6 Å². The predicted molar refractivity (Wildman–Crippen MR) is 101 cm³/mol. The third-order valence-electron chi connectivity index (χ3n) is 4.43. The Bertz CT molecular complexity index is 1030. The van der Waals surface area contributed by atoms with Crippen LogP contribution in [0.3, 0.4) is 0 Å². The van der Waals surface area contributed by atoms with Gasteiger partial charge in [-0.25, -0.2) is 4.98 Å². The monoisotopic (exact) mass is 404 g/mol. The zero-order valence-corrected chi connectivity index (χ0v) is 15.6. The number of carbonyl (C=O) groups excluding carboxylic acids is 2. The average Bonchev–Trinajstić information content (AvgIpc) is 3.01. The van der Waals surface area contributed by atoms with Crippen LogP contribution in [0.25, 0.3) is 11.0 Å². The summed E-state index contributed by atoms with van der Waals surface area (Å²) in [6, 6.07) is 11.5. The molecule has 0 unspecified atom stereocenters. The molecule has 1 aromatic heterocycles. The van der Waals surface area contributed by atoms with Gasteiger partial charge in [0.1, 0.15) is 5.82 Å². The van der Waals surface area contributed by atoms with Crippen LogP contribution in [0.2, 0.25) is 0 Å². The van der Waals surface area contributed by atoms with Crippen molar-refractivity contribution in [3.8, 4) is 0 Å². The number of hydrogen-bond acceptors (Lipinski definition) is 3. The van der Waals surface area contributed by atoms with Gasteiger partial charge in [0.05, 0.1) is 23.1 Å². The van der Waals surface area contributed by atoms with Crippen LogP contribution in [-0.4, -0.2) is 34.5 Å². The fourth-order valence-electron chi connectivity index (χ4n) is 2.87. The number of benzene rings is 2. The number of fused-ring (bicyclic) bond motifs is 1. The molecule has 0 bridgehead atoms. The highest BCUT2D eigenvalue weighted by Gasteiger charge is 2.30. The number of hydrogen-bond donors (Lipinski definition) is 2. The first-order valence-corrected chi connectivity index (χ1v) is 8.88. The van der Waals surface area contributed by atoms with Crippen LogP contribution in [0.4, 0.5) is 13.2 Å². The van der Waals surface area contributed by atoms with Crippen molar-refractivity contribution < 1.29 is 22.8 Å². The second-order valence-electron chi connectivity index (χ2n) is 6.43. The van der Waals surface area contributed by atoms with Crippen LogP contribution in [-0.2, 0) is 24.4 Å². The first-order chi connectivity index (χ1) is 13.8. The SMILES string of the molecule is Cn1c(CCNC(=O)CNC(=O)c2ccc(C(F)(F)F)cc2)nc2ccccc21. The van der Waals surface area contributed by atoms with Gasteiger partial charge in [-0.2, -0.15) is 13.2 Å². The Hall–Kier alpha value is -3.36. The van der Waals surface area contributed by atoms with E-state index in [0.717, 1.165) is 41.1 Å². The number of imidazole rings is 1. The Morgan fingerprint density at radius 2 is 1.72 bits per heavy atom. The van der Waals surface area contributed by atoms with Gasteiger partial charge in [-0.3, -0.25) is 9.59 Å². The molecular formula is C20H19F3N4O2. The number of nitrogens with one attached hydrogen (secondary N) is 2. The van der Waals surface area contributed by atoms with Crippen molar-refractivity contribution in [3.05, 3.63) is 65.5 Å². The maximum atomic E-state index is 12.5. The van der Waals surface area contributed by atoms with Gasteiger partial charge < -0.3 is 15.2 Å². The molecule has 0 spiro atoms. The summed E-state index contributed by atoms with van der Waals surface area (Å²) in [7, 11) is 1.90. The highest BCUT2D eigenvalue weighted by atomic mass is 19.4. The maximum absolute atomic E-state index is 12.5. The fourth-order valence-corrected chi connectivity index (χ4v) is 2.87. The van der Waals surface area contributed by atoms with Gasteiger partial charge in [0.15, 0.2) is 0 Å². The van der Waals surface area contributed by atoms with Gasteiger partial charge >= 0.3 is 6.18 Å². The number of aromatic nitrogens is 2. The lowest BCUT2D eigenvalue weighted by molar-refractivity contribution is -0.137. The van der Waals surface area contributed by atoms with E-state index < -0.39 is 23.6 Å². The molecule has 2 aromatic carbocycles. The third-order valence-corrected chi connectivity index (χ3v) is 4.43. The van der Waals surface area contributed by atoms with E-state index in [-0.39, 0.29) is 12.1 Å². The summed E-state index contributed by atoms with van der Waals surface area (Å²) in [6.45, 7) is 0.0640. The number of alkyl halides is 3. The second kappa shape index (κ2) is 8.34. The van der Waals surface area contributed by atoms with Crippen molar-refractivity contribution in [3.63, 3.8) is 0 Å². The highest BCUT2D eigenvalue weighted by Crippen LogP contribution is 2.29. The zero-order valence-electron chi connectivity index (χ0n) is 15.6. The van der Waals surface area contributed by atoms with Crippen molar-refractivity contribution in [1.82, 2.24) is 20.2 Å². The highest BCUT2D eigenvalue weighted by molar-refractivity contribution is 5.96. The van der Waals surface area contributed by atoms with E-state index in [9.17, 15) is 22.8 Å². The Kier molecular flexibility index (Phi) is 5.86. The molecule has 9 heteroatoms. The molecule has 0 radical (unpaired) electrons. The molecule has 2 amide bonds. The second-order valence-corrected chi connectivity index (χ2v) is 6.43. The molecule has 152 valence electrons. The van der Waals surface area contributed by atoms with E-state index in [1.165, 1.54) is 0 Å². The van der Waals surface area contributed by atoms with Crippen LogP contribution >= 0.6 is 0 Å². The van der Waals surface area contributed by atoms with Gasteiger partial charge in [0.25, 0.3) is 5.91 Å². The van der Waals surface area contributed by atoms with E-state index in [4.69, 9.17) is 0 Å². The van der Waals surface area contributed by atoms with Crippen molar-refractivity contribution in [1.29, 1.82) is 0 Å². The summed E-state index contributed by atoms with van der Waals surface area (Å²) in [5.74, 6) is -0.200. The molecule has 0 aliphatic heterocycles. The van der Waals surface area contributed by atoms with E-state index in [1.807, 2.05) is 35.9 Å². The van der Waals surface area contributed by atoms with Crippen LogP contribution in [0.1, 0.15) is 21.7 Å². The normalized spacial score (nSPS) is 11.4. The summed E-state index contributed by atoms with van der Waals surface area (Å²) in [6.07, 6.45) is -3.95. The lowest BCUT2D eigenvalue weighted by Crippen LogP contribution is -2.37. The minimum Gasteiger partial charge on any atom is -0.354 e. The van der Waals surface area contributed by atoms with Gasteiger partial charge in [-0.15, -0.1) is 0 Å². The molecule has 0 saturated heterocycles. The van der Waals surface area contributed by atoms with Crippen molar-refractivity contribution in [2.24, 2.45) is 7.05 Å². The lowest BCUT2D eigenvalue weighted by Gasteiger charge is -2.09. The molecule has 3 rings (SSSR count). The summed E-state index contributed by atoms with van der Waals surface area (Å²) in [5.41, 5.74) is 1.08. The average molecular weight is 404 g/mol. The Morgan fingerprint density at radius 1 is 1.03 bits per heavy atom. The molecular weight excluding hydrogens is 385 g/mol. The molecule has 0 aliphatic carbocycles. The Labute approximate surface area is 164 Å². The van der Waals surface area contributed by atoms with E-state index in [1.54, 1.807) is 0 Å². The Morgan fingerprint density at radius 3 is 2.38 bits per heavy atom. The standard InChI is InChI=1S/C20H19F3N4O2/c1-27-16-5-3-2-4-15(16)26-17(27)10-11-24-18(28)12-25-19(29)13-6-8-14(9-7-13)20(21,22)23/h2-9H,10-12H2,1H3,(H,24,28)(H,25,29). The van der Waals surface area contributed by atoms with Crippen molar-refractivity contribution in [2.75, 3.05) is 13.1 Å². The van der Waals surface area contributed by atoms with E-state index >= 15 is 0 Å². The number of nitrogens with zero attached hydrogens (tertiary/aromatic N) is 2. The number of amides is 2. The first kappa shape index (κ1) is 20.4. The van der Waals surface area contributed by atoms with Gasteiger partial charge in [0.2, 0.25) is 5.91 Å². The zero-order chi connectivity index (χ0) is 21.0. The molecule has 0 aliphatic rings. The van der Waals surface area contributed by atoms with Crippen LogP contribution in [0.5, 0.6) is 0 Å². The summed E-state index contributed by atoms with van der Waals surface area (Å²) >= 11 is 0. The summed E-state index contributed by atoms with van der Waals surface area (Å²) in [4.78, 5) is 28.4. The summed E-state index contributed by atoms with van der Waals surface area (Å²) in [5, 5.41) is 5.07. The van der Waals surface area contributed by atoms with Crippen LogP contribution in [0, 0.1) is 0 Å². The number of para-hydroxylation sites is 2. The topological polar surface area (TPSA) is 76.0 Å². The quantitative estimate of drug-likeness (QED) is 0.663. The molecule has 0 atom stereocenters. The molecule has 2 N–H and O–H groups in total. The first-order valence-electron chi connectivity index (χ1n) is 8.88. The van der Waals surface area contributed by atoms with Crippen LogP contribution in [0.15, 0.2) is 48.5 Å². The minimum absolute atomic E-state index is 0.0468.